The average molecular weight is 1010 g/mol. The lowest BCUT2D eigenvalue weighted by molar-refractivity contribution is -0.305. The van der Waals surface area contributed by atoms with E-state index < -0.39 is 54.4 Å². The van der Waals surface area contributed by atoms with E-state index in [4.69, 9.17) is 42.9 Å². The summed E-state index contributed by atoms with van der Waals surface area (Å²) in [6.07, 6.45) is -8.60. The molecule has 10 heteroatoms. The van der Waals surface area contributed by atoms with Crippen molar-refractivity contribution in [1.29, 1.82) is 0 Å². The van der Waals surface area contributed by atoms with Crippen LogP contribution in [-0.4, -0.2) is 74.4 Å². The van der Waals surface area contributed by atoms with Crippen molar-refractivity contribution in [3.05, 3.63) is 287 Å². The summed E-state index contributed by atoms with van der Waals surface area (Å²) >= 11 is 0. The second kappa shape index (κ2) is 27.8. The quantitative estimate of drug-likeness (QED) is 0.0290. The molecule has 0 bridgehead atoms. The van der Waals surface area contributed by atoms with Crippen molar-refractivity contribution >= 4 is 0 Å². The molecular formula is C65H66O10. The molecule has 1 saturated heterocycles. The Hall–Kier alpha value is -6.64. The van der Waals surface area contributed by atoms with Crippen LogP contribution in [0.2, 0.25) is 0 Å². The van der Waals surface area contributed by atoms with E-state index in [9.17, 15) is 6.48 Å². The first-order chi connectivity index (χ1) is 37.5. The molecule has 0 aromatic heterocycles. The molecule has 1 aliphatic heterocycles. The van der Waals surface area contributed by atoms with Crippen LogP contribution in [-0.2, 0) is 81.4 Å². The van der Waals surface area contributed by atoms with E-state index in [1.807, 2.05) is 206 Å². The van der Waals surface area contributed by atoms with Crippen LogP contribution in [0, 0.1) is 0 Å². The van der Waals surface area contributed by atoms with Gasteiger partial charge in [-0.2, -0.15) is 0 Å². The van der Waals surface area contributed by atoms with Crippen molar-refractivity contribution in [3.63, 3.8) is 0 Å². The van der Waals surface area contributed by atoms with Gasteiger partial charge in [-0.1, -0.05) is 243 Å². The first-order valence-electron chi connectivity index (χ1n) is 26.1. The predicted octanol–water partition coefficient (Wildman–Crippen LogP) is 11.6. The van der Waals surface area contributed by atoms with Gasteiger partial charge in [-0.25, -0.2) is 9.78 Å². The third-order valence-corrected chi connectivity index (χ3v) is 13.5. The van der Waals surface area contributed by atoms with Crippen molar-refractivity contribution in [3.8, 4) is 0 Å². The number of aliphatic hydroxyl groups is 1. The Labute approximate surface area is 442 Å². The molecular weight excluding hydrogens is 941 g/mol. The normalized spacial score (nSPS) is 18.5. The van der Waals surface area contributed by atoms with Gasteiger partial charge in [0.05, 0.1) is 53.5 Å². The summed E-state index contributed by atoms with van der Waals surface area (Å²) in [5, 5.41) is 12.5. The number of aliphatic hydroxyl groups excluding tert-OH is 1. The summed E-state index contributed by atoms with van der Waals surface area (Å²) in [6.45, 7) is 0.831. The second-order valence-corrected chi connectivity index (χ2v) is 18.5. The van der Waals surface area contributed by atoms with Crippen LogP contribution in [0.25, 0.3) is 0 Å². The summed E-state index contributed by atoms with van der Waals surface area (Å²) in [7, 11) is 1.46. The van der Waals surface area contributed by atoms with Gasteiger partial charge >= 0.3 is 0 Å². The van der Waals surface area contributed by atoms with Crippen LogP contribution in [0.15, 0.2) is 243 Å². The van der Waals surface area contributed by atoms with Crippen LogP contribution in [0.4, 0.5) is 0 Å². The Balaban J connectivity index is 1.26. The van der Waals surface area contributed by atoms with Gasteiger partial charge in [0.2, 0.25) is 0 Å². The fourth-order valence-corrected chi connectivity index (χ4v) is 9.78. The number of ether oxygens (including phenoxy) is 7. The molecule has 1 unspecified atom stereocenters. The van der Waals surface area contributed by atoms with E-state index >= 15 is 0 Å². The molecule has 8 atom stereocenters. The number of hydrogen-bond donors (Lipinski definition) is 1. The molecule has 75 heavy (non-hydrogen) atoms. The van der Waals surface area contributed by atoms with E-state index in [1.54, 1.807) is 6.07 Å². The van der Waals surface area contributed by atoms with Crippen LogP contribution < -0.4 is 0 Å². The highest BCUT2D eigenvalue weighted by Crippen LogP contribution is 2.48. The van der Waals surface area contributed by atoms with Crippen molar-refractivity contribution in [2.75, 3.05) is 20.3 Å². The number of benzene rings is 8. The molecule has 0 saturated carbocycles. The smallest absolute Gasteiger partial charge is 0.187 e. The highest BCUT2D eigenvalue weighted by molar-refractivity contribution is 5.53. The Morgan fingerprint density at radius 3 is 1.39 bits per heavy atom. The minimum atomic E-state index is -1.40. The van der Waals surface area contributed by atoms with E-state index in [0.29, 0.717) is 12.2 Å². The van der Waals surface area contributed by atoms with E-state index in [1.165, 1.54) is 7.11 Å². The molecule has 1 fully saturated rings. The minimum absolute atomic E-state index is 0.0321. The summed E-state index contributed by atoms with van der Waals surface area (Å²) < 4.78 is 59.8. The number of rotatable bonds is 28. The maximum atomic E-state index is 12.5. The summed E-state index contributed by atoms with van der Waals surface area (Å²) in [6, 6.07) is 77.3. The first kappa shape index (κ1) is 51.8. The lowest BCUT2D eigenvalue weighted by Gasteiger charge is -2.48. The van der Waals surface area contributed by atoms with Crippen LogP contribution >= 0.6 is 0 Å². The van der Waals surface area contributed by atoms with Gasteiger partial charge in [0.1, 0.15) is 49.3 Å². The van der Waals surface area contributed by atoms with E-state index in [0.717, 1.165) is 38.9 Å². The molecule has 0 radical (unpaired) electrons. The molecule has 0 aliphatic carbocycles. The molecule has 9 rings (SSSR count). The van der Waals surface area contributed by atoms with Gasteiger partial charge in [0, 0.05) is 0 Å². The van der Waals surface area contributed by atoms with Gasteiger partial charge in [0.15, 0.2) is 6.29 Å². The van der Waals surface area contributed by atoms with Crippen LogP contribution in [0.1, 0.15) is 45.9 Å². The Morgan fingerprint density at radius 1 is 0.493 bits per heavy atom. The zero-order valence-corrected chi connectivity index (χ0v) is 42.2. The molecule has 8 aromatic rings. The Morgan fingerprint density at radius 2 is 0.907 bits per heavy atom. The second-order valence-electron chi connectivity index (χ2n) is 18.5. The highest BCUT2D eigenvalue weighted by Gasteiger charge is 2.56. The standard InChI is InChI=1S/C65H66O10/c1-67-73-48-58(69-43-50-28-12-3-13-29-50)60(70-44-51-30-14-4-15-31-51)62(72-46-53-34-18-6-19-35-53)63(65(54-36-20-7-21-37-54,55-38-22-8-23-39-55)56-40-24-9-25-41-56)75-64-61(71-45-52-32-16-5-17-33-52)59(66)57(74-64)47-68-42-49-26-10-2-11-27-49/h2-41,57-64,66H,42-48H2,1H3/t57-,58-,59-,60-,61-,62-,63?,64+/m1/s1/i36D. The molecule has 10 nitrogen and oxygen atoms in total. The largest absolute Gasteiger partial charge is 0.387 e. The topological polar surface area (TPSA) is 103 Å². The maximum Gasteiger partial charge on any atom is 0.187 e. The van der Waals surface area contributed by atoms with E-state index in [2.05, 4.69) is 24.3 Å². The molecule has 0 amide bonds. The third-order valence-electron chi connectivity index (χ3n) is 13.5. The zero-order chi connectivity index (χ0) is 52.2. The SMILES string of the molecule is [2H]c1ccccc1C(c1ccccc1)(c1ccccc1)C(O[C@@H]1O[C@H](COCc2ccccc2)[C@@H](O)[C@H]1OCc1ccccc1)[C@H](OCc1ccccc1)[C@H](OCc1ccccc1)[C@@H](COOC)OCc1ccccc1. The molecule has 1 N–H and O–H groups in total. The van der Waals surface area contributed by atoms with Gasteiger partial charge in [0.25, 0.3) is 0 Å². The van der Waals surface area contributed by atoms with Crippen molar-refractivity contribution in [2.45, 2.75) is 87.5 Å². The Bertz CT molecular complexity index is 2830. The van der Waals surface area contributed by atoms with Gasteiger partial charge in [-0.15, -0.1) is 0 Å². The maximum absolute atomic E-state index is 12.5. The number of hydrogen-bond acceptors (Lipinski definition) is 10. The molecule has 1 heterocycles. The van der Waals surface area contributed by atoms with Crippen molar-refractivity contribution < 1.29 is 49.4 Å². The summed E-state index contributed by atoms with van der Waals surface area (Å²) in [5.41, 5.74) is 5.40. The van der Waals surface area contributed by atoms with E-state index in [-0.39, 0.29) is 45.7 Å². The summed E-state index contributed by atoms with van der Waals surface area (Å²) in [4.78, 5) is 11.2. The fourth-order valence-electron chi connectivity index (χ4n) is 9.78. The van der Waals surface area contributed by atoms with Crippen LogP contribution in [0.3, 0.4) is 0 Å². The molecule has 1 aliphatic rings. The Kier molecular flexibility index (Phi) is 19.2. The fraction of sp³-hybridized carbons (Fsp3) is 0.262. The molecule has 386 valence electrons. The average Bonchev–Trinajstić information content (AvgIpc) is 3.84. The zero-order valence-electron chi connectivity index (χ0n) is 43.2. The van der Waals surface area contributed by atoms with Crippen LogP contribution in [0.5, 0.6) is 0 Å². The third kappa shape index (κ3) is 14.0. The minimum Gasteiger partial charge on any atom is -0.387 e. The van der Waals surface area contributed by atoms with Crippen molar-refractivity contribution in [1.82, 2.24) is 0 Å². The van der Waals surface area contributed by atoms with Gasteiger partial charge in [-0.05, 0) is 44.5 Å². The lowest BCUT2D eigenvalue weighted by Crippen LogP contribution is -2.60. The monoisotopic (exact) mass is 1010 g/mol. The molecule has 0 spiro atoms. The van der Waals surface area contributed by atoms with Gasteiger partial charge < -0.3 is 38.3 Å². The van der Waals surface area contributed by atoms with Crippen molar-refractivity contribution in [2.24, 2.45) is 0 Å². The predicted molar refractivity (Wildman–Crippen MR) is 288 cm³/mol. The van der Waals surface area contributed by atoms with Gasteiger partial charge in [-0.3, -0.25) is 0 Å². The summed E-state index contributed by atoms with van der Waals surface area (Å²) in [5.74, 6) is 0. The first-order valence-corrected chi connectivity index (χ1v) is 25.6. The highest BCUT2D eigenvalue weighted by atomic mass is 17.2. The lowest BCUT2D eigenvalue weighted by atomic mass is 9.63. The molecule has 8 aromatic carbocycles.